The minimum absolute atomic E-state index is 0.0358. The molecule has 0 aliphatic carbocycles. The van der Waals surface area contributed by atoms with Crippen LogP contribution in [-0.2, 0) is 13.1 Å². The van der Waals surface area contributed by atoms with Crippen LogP contribution in [0.25, 0.3) is 0 Å². The quantitative estimate of drug-likeness (QED) is 0.757. The molecule has 1 aliphatic rings. The van der Waals surface area contributed by atoms with Gasteiger partial charge >= 0.3 is 0 Å². The lowest BCUT2D eigenvalue weighted by Crippen LogP contribution is -2.38. The van der Waals surface area contributed by atoms with Crippen LogP contribution in [0.2, 0.25) is 0 Å². The molecule has 0 atom stereocenters. The van der Waals surface area contributed by atoms with Crippen molar-refractivity contribution in [1.82, 2.24) is 14.5 Å². The number of carbonyl (C=O) groups excluding carboxylic acids is 1. The number of nitrogens with zero attached hydrogens (tertiary/aromatic N) is 3. The van der Waals surface area contributed by atoms with Crippen LogP contribution in [0.5, 0.6) is 0 Å². The molecule has 0 N–H and O–H groups in total. The smallest absolute Gasteiger partial charge is 0.255 e. The molecule has 0 saturated carbocycles. The average molecular weight is 385 g/mol. The molecule has 0 spiro atoms. The average Bonchev–Trinajstić information content (AvgIpc) is 2.85. The number of halogens is 2. The molecule has 1 aromatic heterocycles. The van der Waals surface area contributed by atoms with E-state index < -0.39 is 0 Å². The zero-order valence-electron chi connectivity index (χ0n) is 10.0. The number of benzene rings is 1. The fourth-order valence-corrected chi connectivity index (χ4v) is 3.40. The summed E-state index contributed by atoms with van der Waals surface area (Å²) >= 11 is 6.83. The Balaban J connectivity index is 1.85. The van der Waals surface area contributed by atoms with Crippen molar-refractivity contribution in [2.75, 3.05) is 6.54 Å². The summed E-state index contributed by atoms with van der Waals surface area (Å²) in [5.41, 5.74) is 0.684. The highest BCUT2D eigenvalue weighted by Gasteiger charge is 2.23. The molecule has 1 aromatic carbocycles. The number of hydrogen-bond donors (Lipinski definition) is 0. The van der Waals surface area contributed by atoms with Gasteiger partial charge in [0.1, 0.15) is 5.82 Å². The van der Waals surface area contributed by atoms with Crippen LogP contribution >= 0.6 is 31.9 Å². The largest absolute Gasteiger partial charge is 0.332 e. The minimum Gasteiger partial charge on any atom is -0.332 e. The van der Waals surface area contributed by atoms with Crippen molar-refractivity contribution in [3.8, 4) is 0 Å². The van der Waals surface area contributed by atoms with Gasteiger partial charge < -0.3 is 9.47 Å². The summed E-state index contributed by atoms with van der Waals surface area (Å²) in [5.74, 6) is 0.974. The first kappa shape index (κ1) is 12.9. The maximum absolute atomic E-state index is 12.5. The van der Waals surface area contributed by atoms with Gasteiger partial charge in [-0.25, -0.2) is 4.98 Å². The van der Waals surface area contributed by atoms with Gasteiger partial charge in [0, 0.05) is 34.4 Å². The second kappa shape index (κ2) is 5.09. The zero-order valence-corrected chi connectivity index (χ0v) is 13.2. The third kappa shape index (κ3) is 2.47. The lowest BCUT2D eigenvalue weighted by atomic mass is 10.2. The van der Waals surface area contributed by atoms with E-state index in [4.69, 9.17) is 0 Å². The van der Waals surface area contributed by atoms with E-state index in [0.29, 0.717) is 18.7 Å². The topological polar surface area (TPSA) is 38.1 Å². The molecule has 1 amide bonds. The van der Waals surface area contributed by atoms with Gasteiger partial charge in [0.25, 0.3) is 5.91 Å². The molecular weight excluding hydrogens is 374 g/mol. The maximum atomic E-state index is 12.5. The van der Waals surface area contributed by atoms with Crippen molar-refractivity contribution in [3.63, 3.8) is 0 Å². The predicted octanol–water partition coefficient (Wildman–Crippen LogP) is 3.06. The number of aromatic nitrogens is 2. The van der Waals surface area contributed by atoms with Gasteiger partial charge in [-0.1, -0.05) is 15.9 Å². The highest BCUT2D eigenvalue weighted by atomic mass is 79.9. The van der Waals surface area contributed by atoms with Gasteiger partial charge in [-0.3, -0.25) is 4.79 Å². The lowest BCUT2D eigenvalue weighted by molar-refractivity contribution is 0.0706. The molecule has 0 saturated heterocycles. The van der Waals surface area contributed by atoms with E-state index in [1.165, 1.54) is 0 Å². The van der Waals surface area contributed by atoms with Crippen LogP contribution in [0.4, 0.5) is 0 Å². The molecule has 0 unspecified atom stereocenters. The summed E-state index contributed by atoms with van der Waals surface area (Å²) in [7, 11) is 0. The van der Waals surface area contributed by atoms with Gasteiger partial charge in [-0.05, 0) is 34.1 Å². The second-order valence-corrected chi connectivity index (χ2v) is 6.16. The van der Waals surface area contributed by atoms with E-state index in [9.17, 15) is 4.79 Å². The first-order valence-electron chi connectivity index (χ1n) is 5.89. The van der Waals surface area contributed by atoms with E-state index in [1.54, 1.807) is 6.20 Å². The molecule has 98 valence electrons. The molecule has 0 radical (unpaired) electrons. The van der Waals surface area contributed by atoms with Crippen LogP contribution in [0, 0.1) is 0 Å². The molecule has 6 heteroatoms. The Morgan fingerprint density at radius 1 is 1.26 bits per heavy atom. The second-order valence-electron chi connectivity index (χ2n) is 4.39. The first-order chi connectivity index (χ1) is 9.15. The maximum Gasteiger partial charge on any atom is 0.255 e. The molecule has 3 rings (SSSR count). The third-order valence-electron chi connectivity index (χ3n) is 3.19. The molecular formula is C13H11Br2N3O. The molecule has 2 aromatic rings. The van der Waals surface area contributed by atoms with Crippen molar-refractivity contribution in [2.24, 2.45) is 0 Å². The van der Waals surface area contributed by atoms with Crippen molar-refractivity contribution >= 4 is 37.8 Å². The van der Waals surface area contributed by atoms with Crippen LogP contribution in [0.15, 0.2) is 39.5 Å². The van der Waals surface area contributed by atoms with Crippen molar-refractivity contribution in [2.45, 2.75) is 13.1 Å². The van der Waals surface area contributed by atoms with Crippen molar-refractivity contribution < 1.29 is 4.79 Å². The molecule has 1 aliphatic heterocycles. The minimum atomic E-state index is 0.0358. The van der Waals surface area contributed by atoms with Gasteiger partial charge in [-0.2, -0.15) is 0 Å². The Morgan fingerprint density at radius 3 is 2.89 bits per heavy atom. The first-order valence-corrected chi connectivity index (χ1v) is 7.48. The third-order valence-corrected chi connectivity index (χ3v) is 4.34. The molecule has 0 bridgehead atoms. The van der Waals surface area contributed by atoms with Crippen molar-refractivity contribution in [1.29, 1.82) is 0 Å². The van der Waals surface area contributed by atoms with E-state index in [0.717, 1.165) is 21.3 Å². The molecule has 0 fully saturated rings. The van der Waals surface area contributed by atoms with Crippen LogP contribution in [0.3, 0.4) is 0 Å². The van der Waals surface area contributed by atoms with E-state index >= 15 is 0 Å². The fourth-order valence-electron chi connectivity index (χ4n) is 2.18. The zero-order chi connectivity index (χ0) is 13.4. The SMILES string of the molecule is O=C(c1ccc(Br)cc1Br)N1CCn2ccnc2C1. The van der Waals surface area contributed by atoms with Gasteiger partial charge in [0.05, 0.1) is 12.1 Å². The standard InChI is InChI=1S/C13H11Br2N3O/c14-9-1-2-10(11(15)7-9)13(19)18-6-5-17-4-3-16-12(17)8-18/h1-4,7H,5-6,8H2. The Bertz CT molecular complexity index is 639. The van der Waals surface area contributed by atoms with Gasteiger partial charge in [0.15, 0.2) is 0 Å². The number of amides is 1. The summed E-state index contributed by atoms with van der Waals surface area (Å²) in [6.07, 6.45) is 3.73. The number of rotatable bonds is 1. The van der Waals surface area contributed by atoms with Crippen molar-refractivity contribution in [3.05, 3.63) is 50.9 Å². The van der Waals surface area contributed by atoms with E-state index in [1.807, 2.05) is 29.3 Å². The van der Waals surface area contributed by atoms with E-state index in [-0.39, 0.29) is 5.91 Å². The lowest BCUT2D eigenvalue weighted by Gasteiger charge is -2.28. The van der Waals surface area contributed by atoms with Crippen LogP contribution in [0.1, 0.15) is 16.2 Å². The van der Waals surface area contributed by atoms with Crippen LogP contribution < -0.4 is 0 Å². The summed E-state index contributed by atoms with van der Waals surface area (Å²) in [5, 5.41) is 0. The molecule has 4 nitrogen and oxygen atoms in total. The number of hydrogen-bond acceptors (Lipinski definition) is 2. The molecule has 2 heterocycles. The Kier molecular flexibility index (Phi) is 3.45. The molecule has 19 heavy (non-hydrogen) atoms. The van der Waals surface area contributed by atoms with E-state index in [2.05, 4.69) is 41.4 Å². The number of imidazole rings is 1. The predicted molar refractivity (Wildman–Crippen MR) is 78.8 cm³/mol. The van der Waals surface area contributed by atoms with Gasteiger partial charge in [0.2, 0.25) is 0 Å². The summed E-state index contributed by atoms with van der Waals surface area (Å²) < 4.78 is 3.84. The monoisotopic (exact) mass is 383 g/mol. The summed E-state index contributed by atoms with van der Waals surface area (Å²) in [6.45, 7) is 2.08. The highest BCUT2D eigenvalue weighted by molar-refractivity contribution is 9.11. The number of carbonyl (C=O) groups is 1. The Labute approximate surface area is 127 Å². The Morgan fingerprint density at radius 2 is 2.11 bits per heavy atom. The normalized spacial score (nSPS) is 14.3. The Hall–Kier alpha value is -1.14. The van der Waals surface area contributed by atoms with Crippen LogP contribution in [-0.4, -0.2) is 26.9 Å². The fraction of sp³-hybridized carbons (Fsp3) is 0.231. The number of fused-ring (bicyclic) bond motifs is 1. The summed E-state index contributed by atoms with van der Waals surface area (Å²) in [4.78, 5) is 18.6. The highest BCUT2D eigenvalue weighted by Crippen LogP contribution is 2.24. The summed E-state index contributed by atoms with van der Waals surface area (Å²) in [6, 6.07) is 5.60. The van der Waals surface area contributed by atoms with Gasteiger partial charge in [-0.15, -0.1) is 0 Å².